The van der Waals surface area contributed by atoms with Gasteiger partial charge in [-0.1, -0.05) is 19.1 Å². The highest BCUT2D eigenvalue weighted by molar-refractivity contribution is 5.92. The zero-order valence-electron chi connectivity index (χ0n) is 16.0. The molecule has 6 nitrogen and oxygen atoms in total. The number of carbonyl (C=O) groups excluding carboxylic acids is 1. The molecule has 0 radical (unpaired) electrons. The molecule has 2 heterocycles. The highest BCUT2D eigenvalue weighted by atomic mass is 35.5. The number of nitrogens with zero attached hydrogens (tertiary/aromatic N) is 3. The summed E-state index contributed by atoms with van der Waals surface area (Å²) in [4.78, 5) is 26.7. The second-order valence-electron chi connectivity index (χ2n) is 7.42. The van der Waals surface area contributed by atoms with Crippen LogP contribution in [0.5, 0.6) is 0 Å². The molecule has 1 aliphatic rings. The average Bonchev–Trinajstić information content (AvgIpc) is 3.04. The van der Waals surface area contributed by atoms with Crippen molar-refractivity contribution in [3.8, 4) is 5.69 Å². The van der Waals surface area contributed by atoms with Gasteiger partial charge in [0.05, 0.1) is 11.3 Å². The van der Waals surface area contributed by atoms with Gasteiger partial charge in [-0.3, -0.25) is 9.59 Å². The Morgan fingerprint density at radius 1 is 1.31 bits per heavy atom. The summed E-state index contributed by atoms with van der Waals surface area (Å²) in [5.41, 5.74) is 3.54. The minimum atomic E-state index is -4.60. The van der Waals surface area contributed by atoms with Gasteiger partial charge in [-0.15, -0.1) is 12.4 Å². The summed E-state index contributed by atoms with van der Waals surface area (Å²) in [7, 11) is 0. The fourth-order valence-corrected chi connectivity index (χ4v) is 3.35. The van der Waals surface area contributed by atoms with Gasteiger partial charge in [0.15, 0.2) is 5.69 Å². The second kappa shape index (κ2) is 8.16. The lowest BCUT2D eigenvalue weighted by Crippen LogP contribution is -2.37. The number of nitrogens with two attached hydrogens (primary N) is 1. The molecule has 1 atom stereocenters. The van der Waals surface area contributed by atoms with Gasteiger partial charge in [-0.2, -0.15) is 18.3 Å². The average molecular weight is 431 g/mol. The van der Waals surface area contributed by atoms with Crippen LogP contribution in [0.4, 0.5) is 13.2 Å². The first-order valence-electron chi connectivity index (χ1n) is 8.83. The fraction of sp³-hybridized carbons (Fsp3) is 0.421. The van der Waals surface area contributed by atoms with Crippen LogP contribution < -0.4 is 11.2 Å². The van der Waals surface area contributed by atoms with Crippen LogP contribution >= 0.6 is 12.4 Å². The Labute approximate surface area is 171 Å². The van der Waals surface area contributed by atoms with Crippen molar-refractivity contribution in [3.05, 3.63) is 57.5 Å². The largest absolute Gasteiger partial charge is 0.418 e. The van der Waals surface area contributed by atoms with Gasteiger partial charge in [0.25, 0.3) is 5.91 Å². The van der Waals surface area contributed by atoms with Crippen molar-refractivity contribution in [2.45, 2.75) is 26.4 Å². The number of halogens is 4. The first-order valence-corrected chi connectivity index (χ1v) is 8.83. The maximum Gasteiger partial charge on any atom is 0.418 e. The van der Waals surface area contributed by atoms with Crippen molar-refractivity contribution in [1.29, 1.82) is 0 Å². The standard InChI is InChI=1S/C19H21F3N4O2.ClH/c1-12-9-15(27)16(17(28)25-8-7-18(2,10-23)11-25)24-26(12)14-6-4-3-5-13(14)19(20,21)22;/h3-6,9H,7-8,10-11,23H2,1-2H3;1H. The molecular weight excluding hydrogens is 409 g/mol. The first kappa shape index (κ1) is 22.9. The van der Waals surface area contributed by atoms with E-state index in [1.54, 1.807) is 0 Å². The Morgan fingerprint density at radius 3 is 2.55 bits per heavy atom. The number of aryl methyl sites for hydroxylation is 1. The molecule has 1 aliphatic heterocycles. The molecule has 158 valence electrons. The lowest BCUT2D eigenvalue weighted by atomic mass is 9.90. The predicted octanol–water partition coefficient (Wildman–Crippen LogP) is 2.79. The van der Waals surface area contributed by atoms with E-state index in [2.05, 4.69) is 5.10 Å². The topological polar surface area (TPSA) is 81.2 Å². The maximum atomic E-state index is 13.4. The van der Waals surface area contributed by atoms with Crippen molar-refractivity contribution in [2.24, 2.45) is 11.1 Å². The maximum absolute atomic E-state index is 13.4. The number of alkyl halides is 3. The molecule has 1 amide bonds. The Morgan fingerprint density at radius 2 is 1.97 bits per heavy atom. The molecule has 0 spiro atoms. The van der Waals surface area contributed by atoms with Crippen LogP contribution in [0.15, 0.2) is 35.1 Å². The number of para-hydroxylation sites is 1. The van der Waals surface area contributed by atoms with E-state index in [-0.39, 0.29) is 29.2 Å². The highest BCUT2D eigenvalue weighted by Crippen LogP contribution is 2.34. The number of carbonyl (C=O) groups is 1. The molecule has 1 aromatic carbocycles. The molecule has 10 heteroatoms. The van der Waals surface area contributed by atoms with Gasteiger partial charge in [0.1, 0.15) is 0 Å². The Balaban J connectivity index is 0.00000300. The zero-order valence-corrected chi connectivity index (χ0v) is 16.8. The van der Waals surface area contributed by atoms with Crippen LogP contribution in [0.2, 0.25) is 0 Å². The summed E-state index contributed by atoms with van der Waals surface area (Å²) in [6.07, 6.45) is -3.91. The van der Waals surface area contributed by atoms with E-state index < -0.39 is 28.8 Å². The minimum Gasteiger partial charge on any atom is -0.337 e. The molecular formula is C19H22ClF3N4O2. The molecule has 2 aromatic rings. The molecule has 1 fully saturated rings. The van der Waals surface area contributed by atoms with Crippen LogP contribution in [0.25, 0.3) is 5.69 Å². The summed E-state index contributed by atoms with van der Waals surface area (Å²) in [6.45, 7) is 4.59. The van der Waals surface area contributed by atoms with Crippen molar-refractivity contribution >= 4 is 18.3 Å². The molecule has 1 unspecified atom stereocenters. The molecule has 0 saturated carbocycles. The number of benzene rings is 1. The summed E-state index contributed by atoms with van der Waals surface area (Å²) < 4.78 is 41.1. The Kier molecular flexibility index (Phi) is 6.44. The fourth-order valence-electron chi connectivity index (χ4n) is 3.35. The molecule has 2 N–H and O–H groups in total. The van der Waals surface area contributed by atoms with Crippen molar-refractivity contribution in [2.75, 3.05) is 19.6 Å². The van der Waals surface area contributed by atoms with Gasteiger partial charge in [0, 0.05) is 24.8 Å². The molecule has 0 bridgehead atoms. The minimum absolute atomic E-state index is 0. The molecule has 0 aliphatic carbocycles. The summed E-state index contributed by atoms with van der Waals surface area (Å²) in [5.74, 6) is -0.597. The Bertz CT molecular complexity index is 977. The number of aromatic nitrogens is 2. The van der Waals surface area contributed by atoms with E-state index in [0.29, 0.717) is 26.1 Å². The molecule has 1 aromatic heterocycles. The van der Waals surface area contributed by atoms with E-state index in [4.69, 9.17) is 5.73 Å². The van der Waals surface area contributed by atoms with E-state index >= 15 is 0 Å². The molecule has 29 heavy (non-hydrogen) atoms. The van der Waals surface area contributed by atoms with Crippen LogP contribution in [-0.4, -0.2) is 40.2 Å². The van der Waals surface area contributed by atoms with E-state index in [1.165, 1.54) is 30.0 Å². The van der Waals surface area contributed by atoms with E-state index in [1.807, 2.05) is 6.92 Å². The number of hydrogen-bond acceptors (Lipinski definition) is 4. The second-order valence-corrected chi connectivity index (χ2v) is 7.42. The van der Waals surface area contributed by atoms with Crippen LogP contribution in [0, 0.1) is 12.3 Å². The van der Waals surface area contributed by atoms with Gasteiger partial charge in [0.2, 0.25) is 5.43 Å². The van der Waals surface area contributed by atoms with E-state index in [0.717, 1.165) is 16.8 Å². The van der Waals surface area contributed by atoms with Crippen LogP contribution in [0.1, 0.15) is 35.1 Å². The summed E-state index contributed by atoms with van der Waals surface area (Å²) in [5, 5.41) is 4.02. The quantitative estimate of drug-likeness (QED) is 0.811. The number of rotatable bonds is 3. The smallest absolute Gasteiger partial charge is 0.337 e. The zero-order chi connectivity index (χ0) is 20.7. The number of hydrogen-bond donors (Lipinski definition) is 1. The van der Waals surface area contributed by atoms with Crippen molar-refractivity contribution < 1.29 is 18.0 Å². The SMILES string of the molecule is Cc1cc(=O)c(C(=O)N2CCC(C)(CN)C2)nn1-c1ccccc1C(F)(F)F.Cl. The number of amides is 1. The molecule has 3 rings (SSSR count). The predicted molar refractivity (Wildman–Crippen MR) is 105 cm³/mol. The first-order chi connectivity index (χ1) is 13.1. The van der Waals surface area contributed by atoms with Crippen molar-refractivity contribution in [3.63, 3.8) is 0 Å². The summed E-state index contributed by atoms with van der Waals surface area (Å²) in [6, 6.07) is 6.03. The third-order valence-corrected chi connectivity index (χ3v) is 5.09. The van der Waals surface area contributed by atoms with Gasteiger partial charge in [-0.05, 0) is 37.4 Å². The third-order valence-electron chi connectivity index (χ3n) is 5.09. The highest BCUT2D eigenvalue weighted by Gasteiger charge is 2.37. The normalized spacial score (nSPS) is 19.2. The lowest BCUT2D eigenvalue weighted by Gasteiger charge is -2.22. The van der Waals surface area contributed by atoms with Gasteiger partial charge < -0.3 is 10.6 Å². The van der Waals surface area contributed by atoms with Gasteiger partial charge in [-0.25, -0.2) is 4.68 Å². The van der Waals surface area contributed by atoms with E-state index in [9.17, 15) is 22.8 Å². The van der Waals surface area contributed by atoms with Crippen LogP contribution in [0.3, 0.4) is 0 Å². The third kappa shape index (κ3) is 4.45. The van der Waals surface area contributed by atoms with Crippen molar-refractivity contribution in [1.82, 2.24) is 14.7 Å². The monoisotopic (exact) mass is 430 g/mol. The number of likely N-dealkylation sites (tertiary alicyclic amines) is 1. The summed E-state index contributed by atoms with van der Waals surface area (Å²) >= 11 is 0. The molecule has 1 saturated heterocycles. The Hall–Kier alpha value is -2.39. The lowest BCUT2D eigenvalue weighted by molar-refractivity contribution is -0.137. The van der Waals surface area contributed by atoms with Crippen LogP contribution in [-0.2, 0) is 6.18 Å². The van der Waals surface area contributed by atoms with Gasteiger partial charge >= 0.3 is 6.18 Å².